The van der Waals surface area contributed by atoms with Crippen LogP contribution in [0.3, 0.4) is 0 Å². The molecule has 2 aromatic heterocycles. The Morgan fingerprint density at radius 2 is 2.08 bits per heavy atom. The Labute approximate surface area is 157 Å². The number of hydrogen-bond donors (Lipinski definition) is 0. The molecule has 0 fully saturated rings. The lowest BCUT2D eigenvalue weighted by molar-refractivity contribution is -0.137. The highest BCUT2D eigenvalue weighted by Crippen LogP contribution is 2.27. The number of carbonyl (C=O) groups excluding carboxylic acids is 1. The number of thioether (sulfide) groups is 1. The molecule has 0 unspecified atom stereocenters. The van der Waals surface area contributed by atoms with Crippen LogP contribution in [0.4, 0.5) is 0 Å². The Hall–Kier alpha value is -2.39. The molecule has 2 heterocycles. The van der Waals surface area contributed by atoms with E-state index in [0.29, 0.717) is 17.1 Å². The van der Waals surface area contributed by atoms with Crippen LogP contribution in [0.25, 0.3) is 15.8 Å². The number of carbonyl (C=O) groups is 1. The number of nitrogens with zero attached hydrogens (tertiary/aromatic N) is 3. The zero-order valence-electron chi connectivity index (χ0n) is 14.5. The lowest BCUT2D eigenvalue weighted by Crippen LogP contribution is -2.38. The molecule has 0 atom stereocenters. The Morgan fingerprint density at radius 3 is 2.81 bits per heavy atom. The molecule has 0 N–H and O–H groups in total. The van der Waals surface area contributed by atoms with Crippen LogP contribution >= 0.6 is 23.3 Å². The van der Waals surface area contributed by atoms with Crippen LogP contribution in [0.2, 0.25) is 0 Å². The summed E-state index contributed by atoms with van der Waals surface area (Å²) in [6.07, 6.45) is 0. The van der Waals surface area contributed by atoms with Crippen molar-refractivity contribution in [1.82, 2.24) is 13.5 Å². The number of benzene rings is 1. The van der Waals surface area contributed by atoms with E-state index >= 15 is 0 Å². The van der Waals surface area contributed by atoms with Crippen molar-refractivity contribution in [1.29, 1.82) is 0 Å². The molecule has 26 heavy (non-hydrogen) atoms. The van der Waals surface area contributed by atoms with Gasteiger partial charge < -0.3 is 9.30 Å². The number of methoxy groups -OCH3 is 1. The van der Waals surface area contributed by atoms with E-state index in [4.69, 9.17) is 0 Å². The van der Waals surface area contributed by atoms with Gasteiger partial charge in [-0.2, -0.15) is 4.37 Å². The first kappa shape index (κ1) is 18.4. The molecule has 0 saturated heterocycles. The Morgan fingerprint density at radius 1 is 1.31 bits per heavy atom. The van der Waals surface area contributed by atoms with Crippen molar-refractivity contribution in [3.8, 4) is 5.69 Å². The van der Waals surface area contributed by atoms with Gasteiger partial charge in [-0.1, -0.05) is 0 Å². The van der Waals surface area contributed by atoms with Crippen molar-refractivity contribution in [3.05, 3.63) is 56.5 Å². The quantitative estimate of drug-likeness (QED) is 0.618. The van der Waals surface area contributed by atoms with E-state index in [9.17, 15) is 14.4 Å². The van der Waals surface area contributed by atoms with Crippen LogP contribution in [0.5, 0.6) is 0 Å². The molecule has 0 saturated carbocycles. The van der Waals surface area contributed by atoms with E-state index in [-0.39, 0.29) is 23.0 Å². The van der Waals surface area contributed by atoms with E-state index in [1.807, 2.05) is 6.07 Å². The highest BCUT2D eigenvalue weighted by atomic mass is 32.2. The Kier molecular flexibility index (Phi) is 5.28. The first-order valence-electron chi connectivity index (χ1n) is 7.75. The molecule has 9 heteroatoms. The molecular weight excluding hydrogens is 374 g/mol. The number of esters is 1. The van der Waals surface area contributed by atoms with Gasteiger partial charge in [0.15, 0.2) is 0 Å². The lowest BCUT2D eigenvalue weighted by Gasteiger charge is -2.09. The summed E-state index contributed by atoms with van der Waals surface area (Å²) in [6, 6.07) is 6.82. The second kappa shape index (κ2) is 7.46. The molecule has 136 valence electrons. The first-order valence-corrected chi connectivity index (χ1v) is 9.68. The van der Waals surface area contributed by atoms with E-state index in [0.717, 1.165) is 20.3 Å². The SMILES string of the molecule is COC(=O)CSCc1nsc2ccc(-n3c(=O)cc(C)n(C)c3=O)cc12. The molecule has 0 aliphatic carbocycles. The maximum absolute atomic E-state index is 12.5. The third kappa shape index (κ3) is 3.45. The zero-order chi connectivity index (χ0) is 18.8. The minimum absolute atomic E-state index is 0.243. The second-order valence-electron chi connectivity index (χ2n) is 5.68. The highest BCUT2D eigenvalue weighted by Gasteiger charge is 2.13. The average Bonchev–Trinajstić information content (AvgIpc) is 3.02. The minimum Gasteiger partial charge on any atom is -0.468 e. The smallest absolute Gasteiger partial charge is 0.335 e. The normalized spacial score (nSPS) is 11.0. The predicted molar refractivity (Wildman–Crippen MR) is 103 cm³/mol. The van der Waals surface area contributed by atoms with Gasteiger partial charge in [-0.25, -0.2) is 9.36 Å². The van der Waals surface area contributed by atoms with E-state index in [1.165, 1.54) is 41.0 Å². The van der Waals surface area contributed by atoms with Crippen molar-refractivity contribution in [3.63, 3.8) is 0 Å². The van der Waals surface area contributed by atoms with Gasteiger partial charge in [0, 0.05) is 29.9 Å². The van der Waals surface area contributed by atoms with Gasteiger partial charge in [0.1, 0.15) is 0 Å². The van der Waals surface area contributed by atoms with Gasteiger partial charge in [0.25, 0.3) is 5.56 Å². The summed E-state index contributed by atoms with van der Waals surface area (Å²) in [7, 11) is 2.99. The summed E-state index contributed by atoms with van der Waals surface area (Å²) in [5, 5.41) is 0.874. The van der Waals surface area contributed by atoms with Crippen LogP contribution in [-0.2, 0) is 22.3 Å². The molecule has 0 radical (unpaired) electrons. The van der Waals surface area contributed by atoms with E-state index in [2.05, 4.69) is 9.11 Å². The predicted octanol–water partition coefficient (Wildman–Crippen LogP) is 1.86. The summed E-state index contributed by atoms with van der Waals surface area (Å²) < 4.78 is 12.6. The monoisotopic (exact) mass is 391 g/mol. The van der Waals surface area contributed by atoms with Crippen LogP contribution in [0.1, 0.15) is 11.4 Å². The van der Waals surface area contributed by atoms with Crippen molar-refractivity contribution in [2.24, 2.45) is 7.05 Å². The maximum atomic E-state index is 12.5. The van der Waals surface area contributed by atoms with Crippen molar-refractivity contribution >= 4 is 39.3 Å². The molecule has 0 amide bonds. The number of fused-ring (bicyclic) bond motifs is 1. The fourth-order valence-corrected chi connectivity index (χ4v) is 4.14. The standard InChI is InChI=1S/C17H17N3O4S2/c1-10-6-15(21)20(17(23)19(10)2)11-4-5-14-12(7-11)13(18-26-14)8-25-9-16(22)24-3/h4-7H,8-9H2,1-3H3. The minimum atomic E-state index is -0.390. The topological polar surface area (TPSA) is 83.2 Å². The third-order valence-corrected chi connectivity index (χ3v) is 5.81. The van der Waals surface area contributed by atoms with Gasteiger partial charge >= 0.3 is 11.7 Å². The van der Waals surface area contributed by atoms with Crippen LogP contribution in [0.15, 0.2) is 33.9 Å². The molecule has 0 aliphatic heterocycles. The van der Waals surface area contributed by atoms with Crippen molar-refractivity contribution in [2.75, 3.05) is 12.9 Å². The van der Waals surface area contributed by atoms with Crippen molar-refractivity contribution in [2.45, 2.75) is 12.7 Å². The third-order valence-electron chi connectivity index (χ3n) is 4.03. The van der Waals surface area contributed by atoms with Crippen LogP contribution in [-0.4, -0.2) is 32.3 Å². The molecule has 3 aromatic rings. The fraction of sp³-hybridized carbons (Fsp3) is 0.294. The number of hydrogen-bond acceptors (Lipinski definition) is 7. The Balaban J connectivity index is 2.01. The molecular formula is C17H17N3O4S2. The number of aromatic nitrogens is 3. The van der Waals surface area contributed by atoms with Crippen molar-refractivity contribution < 1.29 is 9.53 Å². The summed E-state index contributed by atoms with van der Waals surface area (Å²) >= 11 is 2.75. The molecule has 7 nitrogen and oxygen atoms in total. The summed E-state index contributed by atoms with van der Waals surface area (Å²) in [4.78, 5) is 36.1. The van der Waals surface area contributed by atoms with E-state index < -0.39 is 0 Å². The summed E-state index contributed by atoms with van der Waals surface area (Å²) in [5.41, 5.74) is 1.17. The number of rotatable bonds is 5. The first-order chi connectivity index (χ1) is 12.4. The fourth-order valence-electron chi connectivity index (χ4n) is 2.48. The van der Waals surface area contributed by atoms with E-state index in [1.54, 1.807) is 26.1 Å². The molecule has 0 spiro atoms. The highest BCUT2D eigenvalue weighted by molar-refractivity contribution is 7.99. The van der Waals surface area contributed by atoms with Gasteiger partial charge in [0.05, 0.1) is 28.9 Å². The number of ether oxygens (including phenoxy) is 1. The molecule has 0 bridgehead atoms. The second-order valence-corrected chi connectivity index (χ2v) is 7.47. The molecule has 3 rings (SSSR count). The van der Waals surface area contributed by atoms with Gasteiger partial charge in [-0.3, -0.25) is 9.59 Å². The average molecular weight is 391 g/mol. The Bertz CT molecular complexity index is 1100. The summed E-state index contributed by atoms with van der Waals surface area (Å²) in [5.74, 6) is 0.497. The van der Waals surface area contributed by atoms with Gasteiger partial charge in [0.2, 0.25) is 0 Å². The van der Waals surface area contributed by atoms with Crippen LogP contribution in [0, 0.1) is 6.92 Å². The van der Waals surface area contributed by atoms with Crippen LogP contribution < -0.4 is 11.2 Å². The lowest BCUT2D eigenvalue weighted by atomic mass is 10.2. The van der Waals surface area contributed by atoms with Gasteiger partial charge in [-0.05, 0) is 36.7 Å². The maximum Gasteiger partial charge on any atom is 0.335 e. The number of aryl methyl sites for hydroxylation is 1. The van der Waals surface area contributed by atoms with Gasteiger partial charge in [-0.15, -0.1) is 11.8 Å². The summed E-state index contributed by atoms with van der Waals surface area (Å²) in [6.45, 7) is 1.72. The largest absolute Gasteiger partial charge is 0.468 e. The molecule has 0 aliphatic rings. The zero-order valence-corrected chi connectivity index (χ0v) is 16.1. The molecule has 1 aromatic carbocycles.